The lowest BCUT2D eigenvalue weighted by atomic mass is 10.1. The van der Waals surface area contributed by atoms with Crippen LogP contribution in [0.4, 0.5) is 10.2 Å². The van der Waals surface area contributed by atoms with Crippen molar-refractivity contribution >= 4 is 11.7 Å². The van der Waals surface area contributed by atoms with Gasteiger partial charge in [0.25, 0.3) is 5.91 Å². The molecule has 0 unspecified atom stereocenters. The van der Waals surface area contributed by atoms with Gasteiger partial charge < -0.3 is 9.84 Å². The number of amides is 1. The van der Waals surface area contributed by atoms with Crippen molar-refractivity contribution in [3.8, 4) is 11.3 Å². The van der Waals surface area contributed by atoms with Crippen LogP contribution >= 0.6 is 0 Å². The van der Waals surface area contributed by atoms with Crippen molar-refractivity contribution in [1.82, 2.24) is 15.4 Å². The maximum absolute atomic E-state index is 13.6. The number of aromatic nitrogens is 3. The largest absolute Gasteiger partial charge is 0.355 e. The zero-order valence-corrected chi connectivity index (χ0v) is 11.1. The lowest BCUT2D eigenvalue weighted by molar-refractivity contribution is 0.101. The molecule has 1 amide bonds. The maximum atomic E-state index is 13.6. The first-order valence-electron chi connectivity index (χ1n) is 6.18. The summed E-state index contributed by atoms with van der Waals surface area (Å²) in [6.07, 6.45) is 0. The summed E-state index contributed by atoms with van der Waals surface area (Å²) in [4.78, 5) is 12.0. The highest BCUT2D eigenvalue weighted by molar-refractivity contribution is 6.02. The first-order valence-corrected chi connectivity index (χ1v) is 6.18. The number of nitrogens with one attached hydrogen (secondary N) is 2. The van der Waals surface area contributed by atoms with Crippen LogP contribution in [0.1, 0.15) is 16.2 Å². The van der Waals surface area contributed by atoms with Crippen molar-refractivity contribution in [3.05, 3.63) is 53.6 Å². The van der Waals surface area contributed by atoms with E-state index in [-0.39, 0.29) is 17.0 Å². The van der Waals surface area contributed by atoms with Gasteiger partial charge in [0.2, 0.25) is 0 Å². The van der Waals surface area contributed by atoms with E-state index in [0.29, 0.717) is 5.82 Å². The summed E-state index contributed by atoms with van der Waals surface area (Å²) < 4.78 is 18.6. The molecule has 0 aliphatic carbocycles. The molecular formula is C14H11FN4O2. The Hall–Kier alpha value is -2.96. The fraction of sp³-hybridized carbons (Fsp3) is 0.0714. The number of aryl methyl sites for hydroxylation is 1. The van der Waals surface area contributed by atoms with E-state index in [1.54, 1.807) is 24.3 Å². The van der Waals surface area contributed by atoms with Crippen LogP contribution in [-0.4, -0.2) is 21.3 Å². The smallest absolute Gasteiger partial charge is 0.279 e. The molecule has 3 aromatic rings. The van der Waals surface area contributed by atoms with Gasteiger partial charge in [-0.05, 0) is 19.1 Å². The minimum Gasteiger partial charge on any atom is -0.355 e. The SMILES string of the molecule is Cc1cc(NC(=O)c2cc(-c3ccccc3F)on2)n[nH]1. The summed E-state index contributed by atoms with van der Waals surface area (Å²) in [6, 6.07) is 9.16. The Morgan fingerprint density at radius 1 is 1.33 bits per heavy atom. The Balaban J connectivity index is 1.82. The van der Waals surface area contributed by atoms with Crippen LogP contribution in [0.5, 0.6) is 0 Å². The highest BCUT2D eigenvalue weighted by atomic mass is 19.1. The van der Waals surface area contributed by atoms with Gasteiger partial charge in [-0.25, -0.2) is 4.39 Å². The maximum Gasteiger partial charge on any atom is 0.279 e. The number of benzene rings is 1. The van der Waals surface area contributed by atoms with Gasteiger partial charge in [0.05, 0.1) is 5.56 Å². The molecule has 0 aliphatic rings. The molecule has 21 heavy (non-hydrogen) atoms. The second kappa shape index (κ2) is 5.20. The average molecular weight is 286 g/mol. The zero-order chi connectivity index (χ0) is 14.8. The molecule has 1 aromatic carbocycles. The molecule has 0 fully saturated rings. The Labute approximate surface area is 119 Å². The fourth-order valence-corrected chi connectivity index (χ4v) is 1.83. The van der Waals surface area contributed by atoms with Gasteiger partial charge in [0, 0.05) is 17.8 Å². The number of halogens is 1. The lowest BCUT2D eigenvalue weighted by Crippen LogP contribution is -2.12. The molecule has 0 atom stereocenters. The Morgan fingerprint density at radius 2 is 2.14 bits per heavy atom. The molecule has 2 aromatic heterocycles. The standard InChI is InChI=1S/C14H11FN4O2/c1-8-6-13(18-17-8)16-14(20)11-7-12(21-19-11)9-4-2-3-5-10(9)15/h2-7H,1H3,(H2,16,17,18,20). The molecule has 2 N–H and O–H groups in total. The Bertz CT molecular complexity index is 794. The third-order valence-corrected chi connectivity index (χ3v) is 2.83. The normalized spacial score (nSPS) is 10.6. The summed E-state index contributed by atoms with van der Waals surface area (Å²) in [5, 5.41) is 12.8. The number of nitrogens with zero attached hydrogens (tertiary/aromatic N) is 2. The summed E-state index contributed by atoms with van der Waals surface area (Å²) in [5.74, 6) is -0.347. The molecule has 7 heteroatoms. The first-order chi connectivity index (χ1) is 10.1. The Morgan fingerprint density at radius 3 is 2.86 bits per heavy atom. The topological polar surface area (TPSA) is 83.8 Å². The number of hydrogen-bond donors (Lipinski definition) is 2. The second-order valence-corrected chi connectivity index (χ2v) is 4.45. The van der Waals surface area contributed by atoms with Gasteiger partial charge in [-0.2, -0.15) is 5.10 Å². The molecule has 0 bridgehead atoms. The third-order valence-electron chi connectivity index (χ3n) is 2.83. The number of aromatic amines is 1. The number of anilines is 1. The molecule has 3 rings (SSSR count). The average Bonchev–Trinajstić information content (AvgIpc) is 3.09. The predicted molar refractivity (Wildman–Crippen MR) is 73.2 cm³/mol. The van der Waals surface area contributed by atoms with Crippen LogP contribution in [0, 0.1) is 12.7 Å². The van der Waals surface area contributed by atoms with Gasteiger partial charge in [0.1, 0.15) is 5.82 Å². The molecule has 2 heterocycles. The van der Waals surface area contributed by atoms with Crippen molar-refractivity contribution in [2.24, 2.45) is 0 Å². The Kier molecular flexibility index (Phi) is 3.23. The van der Waals surface area contributed by atoms with Crippen LogP contribution in [0.25, 0.3) is 11.3 Å². The molecule has 0 aliphatic heterocycles. The van der Waals surface area contributed by atoms with E-state index in [4.69, 9.17) is 4.52 Å². The highest BCUT2D eigenvalue weighted by Gasteiger charge is 2.16. The van der Waals surface area contributed by atoms with Crippen molar-refractivity contribution in [1.29, 1.82) is 0 Å². The molecule has 0 saturated carbocycles. The lowest BCUT2D eigenvalue weighted by Gasteiger charge is -1.96. The second-order valence-electron chi connectivity index (χ2n) is 4.45. The van der Waals surface area contributed by atoms with E-state index < -0.39 is 11.7 Å². The molecular weight excluding hydrogens is 275 g/mol. The zero-order valence-electron chi connectivity index (χ0n) is 11.1. The van der Waals surface area contributed by atoms with Gasteiger partial charge in [-0.3, -0.25) is 9.89 Å². The number of hydrogen-bond acceptors (Lipinski definition) is 4. The van der Waals surface area contributed by atoms with Crippen molar-refractivity contribution in [2.45, 2.75) is 6.92 Å². The minimum atomic E-state index is -0.479. The van der Waals surface area contributed by atoms with Crippen molar-refractivity contribution in [2.75, 3.05) is 5.32 Å². The van der Waals surface area contributed by atoms with Gasteiger partial charge in [0.15, 0.2) is 17.3 Å². The number of rotatable bonds is 3. The van der Waals surface area contributed by atoms with E-state index >= 15 is 0 Å². The number of carbonyl (C=O) groups excluding carboxylic acids is 1. The number of H-pyrrole nitrogens is 1. The van der Waals surface area contributed by atoms with E-state index in [2.05, 4.69) is 20.7 Å². The minimum absolute atomic E-state index is 0.0499. The molecule has 0 saturated heterocycles. The van der Waals surface area contributed by atoms with Crippen LogP contribution in [0.2, 0.25) is 0 Å². The van der Waals surface area contributed by atoms with Crippen LogP contribution in [0.15, 0.2) is 40.9 Å². The predicted octanol–water partition coefficient (Wildman–Crippen LogP) is 2.76. The molecule has 0 spiro atoms. The molecule has 6 nitrogen and oxygen atoms in total. The third kappa shape index (κ3) is 2.66. The monoisotopic (exact) mass is 286 g/mol. The van der Waals surface area contributed by atoms with E-state index in [1.165, 1.54) is 12.1 Å². The summed E-state index contributed by atoms with van der Waals surface area (Å²) in [6.45, 7) is 1.81. The van der Waals surface area contributed by atoms with Gasteiger partial charge >= 0.3 is 0 Å². The van der Waals surface area contributed by atoms with E-state index in [0.717, 1.165) is 5.69 Å². The summed E-state index contributed by atoms with van der Waals surface area (Å²) in [7, 11) is 0. The highest BCUT2D eigenvalue weighted by Crippen LogP contribution is 2.23. The van der Waals surface area contributed by atoms with Crippen molar-refractivity contribution in [3.63, 3.8) is 0 Å². The van der Waals surface area contributed by atoms with Gasteiger partial charge in [-0.15, -0.1) is 0 Å². The van der Waals surface area contributed by atoms with E-state index in [9.17, 15) is 9.18 Å². The van der Waals surface area contributed by atoms with Crippen LogP contribution < -0.4 is 5.32 Å². The summed E-state index contributed by atoms with van der Waals surface area (Å²) in [5.41, 5.74) is 1.12. The number of carbonyl (C=O) groups is 1. The van der Waals surface area contributed by atoms with Crippen LogP contribution in [-0.2, 0) is 0 Å². The van der Waals surface area contributed by atoms with E-state index in [1.807, 2.05) is 6.92 Å². The summed E-state index contributed by atoms with van der Waals surface area (Å²) >= 11 is 0. The van der Waals surface area contributed by atoms with Gasteiger partial charge in [-0.1, -0.05) is 17.3 Å². The quantitative estimate of drug-likeness (QED) is 0.775. The van der Waals surface area contributed by atoms with Crippen LogP contribution in [0.3, 0.4) is 0 Å². The molecule has 0 radical (unpaired) electrons. The molecule has 106 valence electrons. The van der Waals surface area contributed by atoms with Crippen molar-refractivity contribution < 1.29 is 13.7 Å². The first kappa shape index (κ1) is 13.0. The fourth-order valence-electron chi connectivity index (χ4n) is 1.83.